The van der Waals surface area contributed by atoms with Crippen LogP contribution in [0.2, 0.25) is 0 Å². The second kappa shape index (κ2) is 5.43. The number of benzene rings is 1. The maximum Gasteiger partial charge on any atom is 0.0814 e. The Balaban J connectivity index is 1.82. The first-order valence-electron chi connectivity index (χ1n) is 6.73. The fourth-order valence-corrected chi connectivity index (χ4v) is 2.49. The number of hydrogen-bond acceptors (Lipinski definition) is 3. The van der Waals surface area contributed by atoms with Crippen molar-refractivity contribution in [2.45, 2.75) is 18.9 Å². The number of fused-ring (bicyclic) bond motifs is 1. The summed E-state index contributed by atoms with van der Waals surface area (Å²) in [5, 5.41) is 16.7. The van der Waals surface area contributed by atoms with Gasteiger partial charge in [-0.3, -0.25) is 9.67 Å². The van der Waals surface area contributed by atoms with Crippen molar-refractivity contribution in [3.05, 3.63) is 60.2 Å². The van der Waals surface area contributed by atoms with Crippen LogP contribution < -0.4 is 0 Å². The number of rotatable bonds is 4. The summed E-state index contributed by atoms with van der Waals surface area (Å²) in [5.41, 5.74) is 2.02. The highest BCUT2D eigenvalue weighted by Crippen LogP contribution is 2.26. The Bertz CT molecular complexity index is 715. The lowest BCUT2D eigenvalue weighted by Gasteiger charge is -2.13. The van der Waals surface area contributed by atoms with Crippen LogP contribution in [0.4, 0.5) is 0 Å². The lowest BCUT2D eigenvalue weighted by Crippen LogP contribution is -2.04. The standard InChI is InChI=1S/C16H17N3O/c1-19-13(8-9-18-19)6-7-16(20)15-11-17-10-12-4-2-3-5-14(12)15/h2-5,8-11,16,20H,6-7H2,1H3. The molecule has 0 fully saturated rings. The van der Waals surface area contributed by atoms with E-state index in [0.29, 0.717) is 6.42 Å². The first kappa shape index (κ1) is 12.8. The third-order valence-electron chi connectivity index (χ3n) is 3.65. The Morgan fingerprint density at radius 2 is 2.05 bits per heavy atom. The predicted octanol–water partition coefficient (Wildman–Crippen LogP) is 2.63. The molecule has 0 bridgehead atoms. The molecule has 1 unspecified atom stereocenters. The molecular weight excluding hydrogens is 250 g/mol. The molecule has 1 atom stereocenters. The van der Waals surface area contributed by atoms with E-state index >= 15 is 0 Å². The van der Waals surface area contributed by atoms with E-state index in [1.54, 1.807) is 12.4 Å². The highest BCUT2D eigenvalue weighted by molar-refractivity contribution is 5.84. The van der Waals surface area contributed by atoms with Crippen LogP contribution in [-0.2, 0) is 13.5 Å². The number of nitrogens with zero attached hydrogens (tertiary/aromatic N) is 3. The maximum atomic E-state index is 10.4. The second-order valence-corrected chi connectivity index (χ2v) is 4.95. The van der Waals surface area contributed by atoms with Gasteiger partial charge in [-0.1, -0.05) is 24.3 Å². The van der Waals surface area contributed by atoms with E-state index in [4.69, 9.17) is 0 Å². The first-order valence-corrected chi connectivity index (χ1v) is 6.73. The second-order valence-electron chi connectivity index (χ2n) is 4.95. The van der Waals surface area contributed by atoms with Gasteiger partial charge in [-0.05, 0) is 24.3 Å². The Morgan fingerprint density at radius 1 is 1.20 bits per heavy atom. The molecule has 3 aromatic rings. The maximum absolute atomic E-state index is 10.4. The molecule has 2 aromatic heterocycles. The van der Waals surface area contributed by atoms with Gasteiger partial charge in [-0.15, -0.1) is 0 Å². The SMILES string of the molecule is Cn1nccc1CCC(O)c1cncc2ccccc12. The zero-order valence-corrected chi connectivity index (χ0v) is 11.4. The van der Waals surface area contributed by atoms with Crippen LogP contribution in [0, 0.1) is 0 Å². The molecule has 4 nitrogen and oxygen atoms in total. The number of aliphatic hydroxyl groups is 1. The summed E-state index contributed by atoms with van der Waals surface area (Å²) in [7, 11) is 1.92. The van der Waals surface area contributed by atoms with Crippen molar-refractivity contribution < 1.29 is 5.11 Å². The number of aryl methyl sites for hydroxylation is 2. The van der Waals surface area contributed by atoms with Crippen LogP contribution in [0.15, 0.2) is 48.9 Å². The van der Waals surface area contributed by atoms with Crippen molar-refractivity contribution in [2.24, 2.45) is 7.05 Å². The summed E-state index contributed by atoms with van der Waals surface area (Å²) in [4.78, 5) is 4.22. The quantitative estimate of drug-likeness (QED) is 0.790. The van der Waals surface area contributed by atoms with E-state index in [2.05, 4.69) is 10.1 Å². The molecular formula is C16H17N3O. The molecule has 0 spiro atoms. The van der Waals surface area contributed by atoms with E-state index < -0.39 is 6.10 Å². The summed E-state index contributed by atoms with van der Waals surface area (Å²) in [6.07, 6.45) is 6.31. The largest absolute Gasteiger partial charge is 0.388 e. The van der Waals surface area contributed by atoms with E-state index in [-0.39, 0.29) is 0 Å². The summed E-state index contributed by atoms with van der Waals surface area (Å²) < 4.78 is 1.84. The minimum absolute atomic E-state index is 0.511. The Morgan fingerprint density at radius 3 is 2.85 bits per heavy atom. The molecule has 0 aliphatic heterocycles. The lowest BCUT2D eigenvalue weighted by atomic mass is 10.00. The third kappa shape index (κ3) is 2.42. The topological polar surface area (TPSA) is 50.9 Å². The highest BCUT2D eigenvalue weighted by Gasteiger charge is 2.12. The van der Waals surface area contributed by atoms with E-state index in [0.717, 1.165) is 28.5 Å². The van der Waals surface area contributed by atoms with Crippen molar-refractivity contribution in [3.63, 3.8) is 0 Å². The minimum atomic E-state index is -0.511. The predicted molar refractivity (Wildman–Crippen MR) is 78.2 cm³/mol. The van der Waals surface area contributed by atoms with Crippen LogP contribution in [-0.4, -0.2) is 19.9 Å². The van der Waals surface area contributed by atoms with Crippen LogP contribution in [0.3, 0.4) is 0 Å². The summed E-state index contributed by atoms with van der Waals surface area (Å²) in [5.74, 6) is 0. The molecule has 0 saturated carbocycles. The average Bonchev–Trinajstić information content (AvgIpc) is 2.89. The molecule has 3 rings (SSSR count). The zero-order chi connectivity index (χ0) is 13.9. The van der Waals surface area contributed by atoms with Crippen molar-refractivity contribution in [2.75, 3.05) is 0 Å². The molecule has 4 heteroatoms. The van der Waals surface area contributed by atoms with E-state index in [1.807, 2.05) is 48.3 Å². The van der Waals surface area contributed by atoms with Crippen molar-refractivity contribution >= 4 is 10.8 Å². The van der Waals surface area contributed by atoms with Crippen molar-refractivity contribution in [3.8, 4) is 0 Å². The van der Waals surface area contributed by atoms with Crippen LogP contribution in [0.25, 0.3) is 10.8 Å². The van der Waals surface area contributed by atoms with Gasteiger partial charge >= 0.3 is 0 Å². The van der Waals surface area contributed by atoms with Gasteiger partial charge in [0.25, 0.3) is 0 Å². The third-order valence-corrected chi connectivity index (χ3v) is 3.65. The normalized spacial score (nSPS) is 12.7. The van der Waals surface area contributed by atoms with Gasteiger partial charge in [0.15, 0.2) is 0 Å². The number of aliphatic hydroxyl groups excluding tert-OH is 1. The van der Waals surface area contributed by atoms with Gasteiger partial charge in [-0.25, -0.2) is 0 Å². The zero-order valence-electron chi connectivity index (χ0n) is 11.4. The fourth-order valence-electron chi connectivity index (χ4n) is 2.49. The minimum Gasteiger partial charge on any atom is -0.388 e. The molecule has 0 saturated heterocycles. The van der Waals surface area contributed by atoms with Gasteiger partial charge < -0.3 is 5.11 Å². The van der Waals surface area contributed by atoms with Gasteiger partial charge in [0.05, 0.1) is 6.10 Å². The van der Waals surface area contributed by atoms with E-state index in [9.17, 15) is 5.11 Å². The average molecular weight is 267 g/mol. The molecule has 1 aromatic carbocycles. The molecule has 0 amide bonds. The van der Waals surface area contributed by atoms with Crippen LogP contribution >= 0.6 is 0 Å². The van der Waals surface area contributed by atoms with Gasteiger partial charge in [0.1, 0.15) is 0 Å². The van der Waals surface area contributed by atoms with Gasteiger partial charge in [-0.2, -0.15) is 5.10 Å². The lowest BCUT2D eigenvalue weighted by molar-refractivity contribution is 0.168. The number of pyridine rings is 1. The molecule has 20 heavy (non-hydrogen) atoms. The van der Waals surface area contributed by atoms with Gasteiger partial charge in [0.2, 0.25) is 0 Å². The fraction of sp³-hybridized carbons (Fsp3) is 0.250. The Kier molecular flexibility index (Phi) is 3.48. The van der Waals surface area contributed by atoms with Crippen LogP contribution in [0.5, 0.6) is 0 Å². The van der Waals surface area contributed by atoms with Crippen LogP contribution in [0.1, 0.15) is 23.8 Å². The molecule has 2 heterocycles. The summed E-state index contributed by atoms with van der Waals surface area (Å²) in [6.45, 7) is 0. The summed E-state index contributed by atoms with van der Waals surface area (Å²) in [6, 6.07) is 9.99. The Hall–Kier alpha value is -2.20. The molecule has 0 aliphatic rings. The van der Waals surface area contributed by atoms with E-state index in [1.165, 1.54) is 0 Å². The summed E-state index contributed by atoms with van der Waals surface area (Å²) >= 11 is 0. The molecule has 0 radical (unpaired) electrons. The number of hydrogen-bond donors (Lipinski definition) is 1. The highest BCUT2D eigenvalue weighted by atomic mass is 16.3. The van der Waals surface area contributed by atoms with Crippen molar-refractivity contribution in [1.29, 1.82) is 0 Å². The van der Waals surface area contributed by atoms with Gasteiger partial charge in [0, 0.05) is 42.3 Å². The molecule has 102 valence electrons. The van der Waals surface area contributed by atoms with Crippen molar-refractivity contribution in [1.82, 2.24) is 14.8 Å². The first-order chi connectivity index (χ1) is 9.75. The molecule has 1 N–H and O–H groups in total. The number of aromatic nitrogens is 3. The smallest absolute Gasteiger partial charge is 0.0814 e. The monoisotopic (exact) mass is 267 g/mol. The molecule has 0 aliphatic carbocycles. The Labute approximate surface area is 117 Å².